The summed E-state index contributed by atoms with van der Waals surface area (Å²) in [6.45, 7) is 6.62. The molecule has 1 unspecified atom stereocenters. The van der Waals surface area contributed by atoms with Gasteiger partial charge in [0.1, 0.15) is 11.7 Å². The molecule has 0 aliphatic carbocycles. The lowest BCUT2D eigenvalue weighted by molar-refractivity contribution is -0.163. The molecule has 5 heteroatoms. The molecule has 0 bridgehead atoms. The van der Waals surface area contributed by atoms with Gasteiger partial charge in [-0.25, -0.2) is 0 Å². The first kappa shape index (κ1) is 31.9. The van der Waals surface area contributed by atoms with Crippen LogP contribution in [0.4, 0.5) is 0 Å². The van der Waals surface area contributed by atoms with Gasteiger partial charge in [0.15, 0.2) is 0 Å². The van der Waals surface area contributed by atoms with Gasteiger partial charge in [-0.2, -0.15) is 0 Å². The molecule has 1 atom stereocenters. The number of nitrogens with two attached hydrogens (primary N) is 2. The van der Waals surface area contributed by atoms with Gasteiger partial charge in [0.25, 0.3) is 0 Å². The predicted molar refractivity (Wildman–Crippen MR) is 140 cm³/mol. The van der Waals surface area contributed by atoms with Gasteiger partial charge in [-0.3, -0.25) is 9.59 Å². The molecule has 0 rings (SSSR count). The fourth-order valence-corrected chi connectivity index (χ4v) is 4.57. The van der Waals surface area contributed by atoms with Crippen molar-refractivity contribution in [3.63, 3.8) is 0 Å². The summed E-state index contributed by atoms with van der Waals surface area (Å²) >= 11 is 0. The molecule has 0 radical (unpaired) electrons. The number of amides is 2. The van der Waals surface area contributed by atoms with Gasteiger partial charge in [-0.1, -0.05) is 136 Å². The smallest absolute Gasteiger partial charge is 0.249 e. The van der Waals surface area contributed by atoms with Crippen molar-refractivity contribution in [1.29, 1.82) is 0 Å². The minimum absolute atomic E-state index is 0.432. The van der Waals surface area contributed by atoms with Crippen LogP contribution < -0.4 is 11.5 Å². The van der Waals surface area contributed by atoms with Crippen LogP contribution in [-0.2, 0) is 14.3 Å². The van der Waals surface area contributed by atoms with E-state index in [1.165, 1.54) is 57.8 Å². The summed E-state index contributed by atoms with van der Waals surface area (Å²) in [5.41, 5.74) is 10.6. The van der Waals surface area contributed by atoms with Gasteiger partial charge in [0.2, 0.25) is 11.8 Å². The van der Waals surface area contributed by atoms with Crippen LogP contribution in [-0.4, -0.2) is 23.5 Å². The highest BCUT2D eigenvalue weighted by Gasteiger charge is 2.40. The SMILES string of the molecule is CCCCCCCCC(OC(CCCCCCCC)(CCCCCCCC)C(N)=O)C(N)=O. The van der Waals surface area contributed by atoms with E-state index in [1.54, 1.807) is 0 Å². The Kier molecular flexibility index (Phi) is 20.7. The third-order valence-corrected chi connectivity index (χ3v) is 6.82. The molecule has 0 heterocycles. The Morgan fingerprint density at radius 2 is 0.970 bits per heavy atom. The molecule has 5 nitrogen and oxygen atoms in total. The second-order valence-corrected chi connectivity index (χ2v) is 9.96. The Labute approximate surface area is 205 Å². The standard InChI is InChI=1S/C28H56N2O3/c1-4-7-10-13-16-19-22-25(26(29)31)33-28(27(30)32,23-20-17-14-11-8-5-2)24-21-18-15-12-9-6-3/h25H,4-24H2,1-3H3,(H2,29,31)(H2,30,32). The number of carbonyl (C=O) groups is 2. The monoisotopic (exact) mass is 468 g/mol. The van der Waals surface area contributed by atoms with E-state index in [2.05, 4.69) is 20.8 Å². The lowest BCUT2D eigenvalue weighted by Gasteiger charge is -2.34. The van der Waals surface area contributed by atoms with Gasteiger partial charge < -0.3 is 16.2 Å². The molecule has 0 aromatic rings. The van der Waals surface area contributed by atoms with Crippen molar-refractivity contribution in [2.24, 2.45) is 11.5 Å². The summed E-state index contributed by atoms with van der Waals surface area (Å²) in [4.78, 5) is 24.9. The topological polar surface area (TPSA) is 95.4 Å². The Morgan fingerprint density at radius 3 is 1.33 bits per heavy atom. The zero-order valence-corrected chi connectivity index (χ0v) is 22.3. The molecule has 0 aliphatic rings. The highest BCUT2D eigenvalue weighted by Crippen LogP contribution is 2.30. The van der Waals surface area contributed by atoms with E-state index in [4.69, 9.17) is 16.2 Å². The van der Waals surface area contributed by atoms with Crippen LogP contribution in [0.25, 0.3) is 0 Å². The normalized spacial score (nSPS) is 12.7. The van der Waals surface area contributed by atoms with Crippen LogP contribution in [0.3, 0.4) is 0 Å². The molecule has 0 aromatic heterocycles. The maximum Gasteiger partial charge on any atom is 0.249 e. The van der Waals surface area contributed by atoms with Gasteiger partial charge in [0.05, 0.1) is 0 Å². The number of hydrogen-bond donors (Lipinski definition) is 2. The van der Waals surface area contributed by atoms with Crippen molar-refractivity contribution < 1.29 is 14.3 Å². The molecule has 0 saturated carbocycles. The first-order valence-electron chi connectivity index (χ1n) is 14.2. The fourth-order valence-electron chi connectivity index (χ4n) is 4.57. The van der Waals surface area contributed by atoms with Crippen molar-refractivity contribution in [2.75, 3.05) is 0 Å². The predicted octanol–water partition coefficient (Wildman–Crippen LogP) is 7.33. The maximum absolute atomic E-state index is 12.7. The zero-order chi connectivity index (χ0) is 24.8. The average Bonchev–Trinajstić information content (AvgIpc) is 2.79. The van der Waals surface area contributed by atoms with Crippen LogP contribution in [0, 0.1) is 0 Å². The molecule has 2 amide bonds. The minimum Gasteiger partial charge on any atom is -0.367 e. The van der Waals surface area contributed by atoms with Gasteiger partial charge in [0, 0.05) is 0 Å². The quantitative estimate of drug-likeness (QED) is 0.137. The molecule has 0 spiro atoms. The maximum atomic E-state index is 12.7. The van der Waals surface area contributed by atoms with Crippen LogP contribution in [0.2, 0.25) is 0 Å². The van der Waals surface area contributed by atoms with E-state index < -0.39 is 23.5 Å². The second-order valence-electron chi connectivity index (χ2n) is 9.96. The number of hydrogen-bond acceptors (Lipinski definition) is 3. The van der Waals surface area contributed by atoms with E-state index in [-0.39, 0.29) is 0 Å². The first-order valence-corrected chi connectivity index (χ1v) is 14.2. The fraction of sp³-hybridized carbons (Fsp3) is 0.929. The van der Waals surface area contributed by atoms with Crippen molar-refractivity contribution in [2.45, 2.75) is 167 Å². The Hall–Kier alpha value is -1.10. The van der Waals surface area contributed by atoms with Crippen molar-refractivity contribution >= 4 is 11.8 Å². The zero-order valence-electron chi connectivity index (χ0n) is 22.3. The number of ether oxygens (including phenoxy) is 1. The Balaban J connectivity index is 5.01. The molecular weight excluding hydrogens is 412 g/mol. The van der Waals surface area contributed by atoms with E-state index in [0.29, 0.717) is 19.3 Å². The third kappa shape index (κ3) is 16.2. The largest absolute Gasteiger partial charge is 0.367 e. The molecule has 0 aromatic carbocycles. The van der Waals surface area contributed by atoms with E-state index in [1.807, 2.05) is 0 Å². The van der Waals surface area contributed by atoms with Crippen LogP contribution in [0.15, 0.2) is 0 Å². The molecule has 33 heavy (non-hydrogen) atoms. The Morgan fingerprint density at radius 1 is 0.606 bits per heavy atom. The molecular formula is C28H56N2O3. The third-order valence-electron chi connectivity index (χ3n) is 6.82. The second kappa shape index (κ2) is 21.4. The van der Waals surface area contributed by atoms with Crippen LogP contribution >= 0.6 is 0 Å². The summed E-state index contributed by atoms with van der Waals surface area (Å²) < 4.78 is 6.30. The molecule has 0 saturated heterocycles. The summed E-state index contributed by atoms with van der Waals surface area (Å²) in [6, 6.07) is 0. The molecule has 196 valence electrons. The minimum atomic E-state index is -1.07. The van der Waals surface area contributed by atoms with Crippen molar-refractivity contribution in [3.05, 3.63) is 0 Å². The lowest BCUT2D eigenvalue weighted by atomic mass is 9.88. The van der Waals surface area contributed by atoms with Gasteiger partial charge in [-0.15, -0.1) is 0 Å². The van der Waals surface area contributed by atoms with Gasteiger partial charge in [-0.05, 0) is 19.3 Å². The Bertz CT molecular complexity index is 466. The van der Waals surface area contributed by atoms with E-state index in [0.717, 1.165) is 57.8 Å². The van der Waals surface area contributed by atoms with E-state index in [9.17, 15) is 9.59 Å². The van der Waals surface area contributed by atoms with Crippen molar-refractivity contribution in [1.82, 2.24) is 0 Å². The highest BCUT2D eigenvalue weighted by atomic mass is 16.5. The number of rotatable bonds is 25. The molecule has 0 aliphatic heterocycles. The van der Waals surface area contributed by atoms with E-state index >= 15 is 0 Å². The first-order chi connectivity index (χ1) is 15.9. The highest BCUT2D eigenvalue weighted by molar-refractivity contribution is 5.85. The summed E-state index contributed by atoms with van der Waals surface area (Å²) in [5.74, 6) is -0.904. The molecule has 4 N–H and O–H groups in total. The summed E-state index contributed by atoms with van der Waals surface area (Å²) in [6.07, 6.45) is 21.4. The van der Waals surface area contributed by atoms with Crippen LogP contribution in [0.1, 0.15) is 156 Å². The number of primary amides is 2. The summed E-state index contributed by atoms with van der Waals surface area (Å²) in [7, 11) is 0. The summed E-state index contributed by atoms with van der Waals surface area (Å²) in [5, 5.41) is 0. The number of carbonyl (C=O) groups excluding carboxylic acids is 2. The number of unbranched alkanes of at least 4 members (excludes halogenated alkanes) is 15. The molecule has 0 fully saturated rings. The van der Waals surface area contributed by atoms with Crippen molar-refractivity contribution in [3.8, 4) is 0 Å². The van der Waals surface area contributed by atoms with Gasteiger partial charge >= 0.3 is 0 Å². The lowest BCUT2D eigenvalue weighted by Crippen LogP contribution is -2.51. The van der Waals surface area contributed by atoms with Crippen LogP contribution in [0.5, 0.6) is 0 Å². The average molecular weight is 469 g/mol.